The second-order valence-electron chi connectivity index (χ2n) is 8.57. The van der Waals surface area contributed by atoms with E-state index in [1.54, 1.807) is 0 Å². The summed E-state index contributed by atoms with van der Waals surface area (Å²) in [5.41, 5.74) is 8.50. The Hall–Kier alpha value is -0.900. The van der Waals surface area contributed by atoms with Gasteiger partial charge in [0, 0.05) is 0 Å². The zero-order valence-corrected chi connectivity index (χ0v) is 17.4. The molecule has 2 rings (SSSR count). The molecule has 0 aliphatic heterocycles. The molecule has 1 atom stereocenters. The third-order valence-corrected chi connectivity index (χ3v) is 5.98. The molecule has 1 aromatic rings. The second kappa shape index (κ2) is 12.5. The largest absolute Gasteiger partial charge is 0.394 e. The van der Waals surface area contributed by atoms with E-state index < -0.39 is 5.54 Å². The molecule has 0 heterocycles. The number of nitrogens with two attached hydrogens (primary N) is 1. The number of aliphatic hydroxyl groups excluding tert-OH is 1. The first-order chi connectivity index (χ1) is 13.1. The third kappa shape index (κ3) is 8.76. The highest BCUT2D eigenvalue weighted by molar-refractivity contribution is 5.23. The van der Waals surface area contributed by atoms with Crippen LogP contribution < -0.4 is 5.73 Å². The van der Waals surface area contributed by atoms with Crippen molar-refractivity contribution < 1.29 is 9.84 Å². The van der Waals surface area contributed by atoms with Gasteiger partial charge in [0.05, 0.1) is 24.9 Å². The van der Waals surface area contributed by atoms with Crippen molar-refractivity contribution >= 4 is 0 Å². The zero-order valence-electron chi connectivity index (χ0n) is 17.4. The average molecular weight is 376 g/mol. The van der Waals surface area contributed by atoms with Crippen LogP contribution in [0.2, 0.25) is 0 Å². The maximum atomic E-state index is 9.75. The maximum Gasteiger partial charge on any atom is 0.0672 e. The van der Waals surface area contributed by atoms with Crippen molar-refractivity contribution in [1.29, 1.82) is 0 Å². The van der Waals surface area contributed by atoms with Gasteiger partial charge in [-0.15, -0.1) is 0 Å². The molecule has 1 saturated carbocycles. The summed E-state index contributed by atoms with van der Waals surface area (Å²) < 4.78 is 5.96. The molecule has 1 fully saturated rings. The lowest BCUT2D eigenvalue weighted by Crippen LogP contribution is -2.49. The molecule has 3 heteroatoms. The van der Waals surface area contributed by atoms with Crippen LogP contribution in [0.3, 0.4) is 0 Å². The summed E-state index contributed by atoms with van der Waals surface area (Å²) in [6.45, 7) is 2.71. The first-order valence-electron chi connectivity index (χ1n) is 11.2. The maximum absolute atomic E-state index is 9.75. The molecule has 27 heavy (non-hydrogen) atoms. The minimum Gasteiger partial charge on any atom is -0.394 e. The van der Waals surface area contributed by atoms with Gasteiger partial charge in [-0.3, -0.25) is 0 Å². The van der Waals surface area contributed by atoms with Crippen molar-refractivity contribution in [2.24, 2.45) is 5.73 Å². The van der Waals surface area contributed by atoms with Gasteiger partial charge in [0.15, 0.2) is 0 Å². The molecule has 0 aromatic heterocycles. The van der Waals surface area contributed by atoms with Crippen molar-refractivity contribution in [2.45, 2.75) is 102 Å². The number of aryl methyl sites for hydroxylation is 2. The Morgan fingerprint density at radius 2 is 1.56 bits per heavy atom. The van der Waals surface area contributed by atoms with Crippen molar-refractivity contribution in [1.82, 2.24) is 0 Å². The minimum absolute atomic E-state index is 0.0180. The first kappa shape index (κ1) is 22.4. The molecule has 0 bridgehead atoms. The quantitative estimate of drug-likeness (QED) is 0.441. The van der Waals surface area contributed by atoms with Gasteiger partial charge in [0.1, 0.15) is 0 Å². The van der Waals surface area contributed by atoms with E-state index in [9.17, 15) is 5.11 Å². The Morgan fingerprint density at radius 3 is 2.19 bits per heavy atom. The van der Waals surface area contributed by atoms with Gasteiger partial charge >= 0.3 is 0 Å². The minimum atomic E-state index is -0.625. The van der Waals surface area contributed by atoms with E-state index in [1.807, 2.05) is 0 Å². The summed E-state index contributed by atoms with van der Waals surface area (Å²) >= 11 is 0. The fourth-order valence-corrected chi connectivity index (χ4v) is 3.91. The molecule has 1 unspecified atom stereocenters. The molecular weight excluding hydrogens is 334 g/mol. The fraction of sp³-hybridized carbons (Fsp3) is 0.750. The second-order valence-corrected chi connectivity index (χ2v) is 8.57. The molecular formula is C24H41NO2. The topological polar surface area (TPSA) is 55.5 Å². The number of unbranched alkanes of at least 4 members (excludes halogenated alkanes) is 5. The summed E-state index contributed by atoms with van der Waals surface area (Å²) in [5.74, 6) is 0. The van der Waals surface area contributed by atoms with Crippen LogP contribution >= 0.6 is 0 Å². The zero-order chi connectivity index (χ0) is 19.4. The Morgan fingerprint density at radius 1 is 0.963 bits per heavy atom. The van der Waals surface area contributed by atoms with Crippen LogP contribution in [0, 0.1) is 0 Å². The van der Waals surface area contributed by atoms with E-state index in [-0.39, 0.29) is 6.61 Å². The molecule has 0 radical (unpaired) electrons. The smallest absolute Gasteiger partial charge is 0.0672 e. The van der Waals surface area contributed by atoms with Gasteiger partial charge in [0.2, 0.25) is 0 Å². The van der Waals surface area contributed by atoms with Crippen LogP contribution in [0.5, 0.6) is 0 Å². The molecule has 3 nitrogen and oxygen atoms in total. The van der Waals surface area contributed by atoms with Crippen LogP contribution in [0.4, 0.5) is 0 Å². The number of rotatable bonds is 14. The lowest BCUT2D eigenvalue weighted by atomic mass is 9.93. The van der Waals surface area contributed by atoms with Gasteiger partial charge < -0.3 is 15.6 Å². The summed E-state index contributed by atoms with van der Waals surface area (Å²) in [7, 11) is 0. The fourth-order valence-electron chi connectivity index (χ4n) is 3.91. The van der Waals surface area contributed by atoms with E-state index >= 15 is 0 Å². The van der Waals surface area contributed by atoms with Gasteiger partial charge in [-0.1, -0.05) is 76.1 Å². The normalized spacial score (nSPS) is 17.3. The average Bonchev–Trinajstić information content (AvgIpc) is 3.22. The van der Waals surface area contributed by atoms with Crippen LogP contribution in [0.25, 0.3) is 0 Å². The van der Waals surface area contributed by atoms with Crippen LogP contribution in [-0.4, -0.2) is 30.0 Å². The summed E-state index contributed by atoms with van der Waals surface area (Å²) in [6, 6.07) is 8.96. The van der Waals surface area contributed by atoms with E-state index in [2.05, 4.69) is 31.2 Å². The molecule has 0 saturated heterocycles. The Labute approximate surface area is 166 Å². The molecule has 3 N–H and O–H groups in total. The Kier molecular flexibility index (Phi) is 10.4. The lowest BCUT2D eigenvalue weighted by molar-refractivity contribution is 0.00412. The number of hydrogen-bond acceptors (Lipinski definition) is 3. The highest BCUT2D eigenvalue weighted by atomic mass is 16.5. The SMILES string of the molecule is CCCCCCCCc1ccc(CCC(N)(CO)COC2CCCC2)cc1. The number of ether oxygens (including phenoxy) is 1. The Bertz CT molecular complexity index is 496. The predicted molar refractivity (Wildman–Crippen MR) is 114 cm³/mol. The molecule has 154 valence electrons. The molecule has 0 amide bonds. The number of hydrogen-bond donors (Lipinski definition) is 2. The lowest BCUT2D eigenvalue weighted by Gasteiger charge is -2.28. The van der Waals surface area contributed by atoms with E-state index in [1.165, 1.54) is 68.9 Å². The predicted octanol–water partition coefficient (Wildman–Crippen LogP) is 5.17. The van der Waals surface area contributed by atoms with E-state index in [4.69, 9.17) is 10.5 Å². The molecule has 1 aliphatic rings. The molecule has 1 aromatic carbocycles. The van der Waals surface area contributed by atoms with Crippen molar-refractivity contribution in [3.8, 4) is 0 Å². The highest BCUT2D eigenvalue weighted by Gasteiger charge is 2.27. The molecule has 0 spiro atoms. The Balaban J connectivity index is 1.67. The van der Waals surface area contributed by atoms with Crippen LogP contribution in [-0.2, 0) is 17.6 Å². The first-order valence-corrected chi connectivity index (χ1v) is 11.2. The summed E-state index contributed by atoms with van der Waals surface area (Å²) in [4.78, 5) is 0. The van der Waals surface area contributed by atoms with Gasteiger partial charge in [-0.25, -0.2) is 0 Å². The summed E-state index contributed by atoms with van der Waals surface area (Å²) in [5, 5.41) is 9.75. The molecule has 1 aliphatic carbocycles. The van der Waals surface area contributed by atoms with Gasteiger partial charge in [-0.05, 0) is 49.7 Å². The van der Waals surface area contributed by atoms with Crippen LogP contribution in [0.15, 0.2) is 24.3 Å². The summed E-state index contributed by atoms with van der Waals surface area (Å²) in [6.07, 6.45) is 16.0. The standard InChI is InChI=1S/C24H41NO2/c1-2-3-4-5-6-7-10-21-13-15-22(16-14-21)17-18-24(25,19-26)20-27-23-11-8-9-12-23/h13-16,23,26H,2-12,17-20,25H2,1H3. The monoisotopic (exact) mass is 375 g/mol. The van der Waals surface area contributed by atoms with Gasteiger partial charge in [0.25, 0.3) is 0 Å². The van der Waals surface area contributed by atoms with Crippen molar-refractivity contribution in [3.05, 3.63) is 35.4 Å². The number of aliphatic hydroxyl groups is 1. The third-order valence-electron chi connectivity index (χ3n) is 5.98. The van der Waals surface area contributed by atoms with Crippen molar-refractivity contribution in [3.63, 3.8) is 0 Å². The van der Waals surface area contributed by atoms with Gasteiger partial charge in [-0.2, -0.15) is 0 Å². The number of benzene rings is 1. The van der Waals surface area contributed by atoms with Crippen LogP contribution in [0.1, 0.15) is 88.7 Å². The van der Waals surface area contributed by atoms with E-state index in [0.29, 0.717) is 12.7 Å². The van der Waals surface area contributed by atoms with Crippen molar-refractivity contribution in [2.75, 3.05) is 13.2 Å². The van der Waals surface area contributed by atoms with E-state index in [0.717, 1.165) is 25.7 Å². The highest BCUT2D eigenvalue weighted by Crippen LogP contribution is 2.23.